The molecule has 0 unspecified atom stereocenters. The number of rotatable bonds is 4. The van der Waals surface area contributed by atoms with E-state index in [1.165, 1.54) is 0 Å². The first-order chi connectivity index (χ1) is 13.1. The molecule has 4 heteroatoms. The quantitative estimate of drug-likeness (QED) is 0.769. The van der Waals surface area contributed by atoms with Crippen molar-refractivity contribution < 1.29 is 9.59 Å². The van der Waals surface area contributed by atoms with Crippen LogP contribution in [0, 0.1) is 0 Å². The molecule has 1 aliphatic heterocycles. The van der Waals surface area contributed by atoms with E-state index >= 15 is 0 Å². The molecule has 134 valence electrons. The van der Waals surface area contributed by atoms with Crippen LogP contribution < -0.4 is 10.2 Å². The summed E-state index contributed by atoms with van der Waals surface area (Å²) in [5, 5.41) is 3.03. The Balaban J connectivity index is 1.64. The van der Waals surface area contributed by atoms with Crippen LogP contribution in [-0.4, -0.2) is 18.9 Å². The standard InChI is InChI=1S/C23H20N2O2/c1-25-20-13-12-19(14-18(20)15-21(25)26)24-23(27)22(16-8-4-2-5-9-16)17-10-6-3-7-11-17/h2-14,22H,15H2,1H3,(H,24,27). The van der Waals surface area contributed by atoms with Crippen molar-refractivity contribution in [3.8, 4) is 0 Å². The summed E-state index contributed by atoms with van der Waals surface area (Å²) >= 11 is 0. The lowest BCUT2D eigenvalue weighted by Crippen LogP contribution is -2.22. The normalized spacial score (nSPS) is 13.0. The molecule has 0 saturated carbocycles. The van der Waals surface area contributed by atoms with E-state index < -0.39 is 5.92 Å². The van der Waals surface area contributed by atoms with Gasteiger partial charge in [0.2, 0.25) is 11.8 Å². The summed E-state index contributed by atoms with van der Waals surface area (Å²) < 4.78 is 0. The first kappa shape index (κ1) is 17.0. The number of nitrogens with zero attached hydrogens (tertiary/aromatic N) is 1. The van der Waals surface area contributed by atoms with Gasteiger partial charge in [-0.1, -0.05) is 60.7 Å². The van der Waals surface area contributed by atoms with Gasteiger partial charge in [-0.15, -0.1) is 0 Å². The van der Waals surface area contributed by atoms with Crippen molar-refractivity contribution in [3.63, 3.8) is 0 Å². The van der Waals surface area contributed by atoms with Gasteiger partial charge in [0.1, 0.15) is 0 Å². The number of benzene rings is 3. The van der Waals surface area contributed by atoms with E-state index in [1.807, 2.05) is 78.9 Å². The molecule has 1 N–H and O–H groups in total. The van der Waals surface area contributed by atoms with Crippen LogP contribution in [0.3, 0.4) is 0 Å². The summed E-state index contributed by atoms with van der Waals surface area (Å²) in [5.41, 5.74) is 4.44. The number of amides is 2. The second-order valence-corrected chi connectivity index (χ2v) is 6.72. The van der Waals surface area contributed by atoms with Crippen molar-refractivity contribution >= 4 is 23.2 Å². The highest BCUT2D eigenvalue weighted by molar-refractivity contribution is 6.03. The van der Waals surface area contributed by atoms with Crippen LogP contribution in [0.1, 0.15) is 22.6 Å². The minimum atomic E-state index is -0.398. The zero-order chi connectivity index (χ0) is 18.8. The molecule has 0 fully saturated rings. The smallest absolute Gasteiger partial charge is 0.236 e. The van der Waals surface area contributed by atoms with Gasteiger partial charge in [0.15, 0.2) is 0 Å². The molecule has 1 heterocycles. The fraction of sp³-hybridized carbons (Fsp3) is 0.130. The topological polar surface area (TPSA) is 49.4 Å². The van der Waals surface area contributed by atoms with Gasteiger partial charge < -0.3 is 10.2 Å². The highest BCUT2D eigenvalue weighted by Gasteiger charge is 2.26. The van der Waals surface area contributed by atoms with Crippen LogP contribution in [0.25, 0.3) is 0 Å². The minimum absolute atomic E-state index is 0.0694. The number of likely N-dealkylation sites (N-methyl/N-ethyl adjacent to an activating group) is 1. The van der Waals surface area contributed by atoms with Crippen molar-refractivity contribution in [1.82, 2.24) is 0 Å². The summed E-state index contributed by atoms with van der Waals surface area (Å²) in [5.74, 6) is -0.421. The van der Waals surface area contributed by atoms with Gasteiger partial charge in [-0.05, 0) is 34.9 Å². The van der Waals surface area contributed by atoms with Gasteiger partial charge in [0.05, 0.1) is 12.3 Å². The molecule has 4 rings (SSSR count). The first-order valence-electron chi connectivity index (χ1n) is 8.94. The molecule has 0 atom stereocenters. The number of fused-ring (bicyclic) bond motifs is 1. The first-order valence-corrected chi connectivity index (χ1v) is 8.94. The van der Waals surface area contributed by atoms with Gasteiger partial charge >= 0.3 is 0 Å². The zero-order valence-corrected chi connectivity index (χ0v) is 15.1. The lowest BCUT2D eigenvalue weighted by atomic mass is 9.90. The highest BCUT2D eigenvalue weighted by atomic mass is 16.2. The third-order valence-electron chi connectivity index (χ3n) is 4.95. The van der Waals surface area contributed by atoms with E-state index in [-0.39, 0.29) is 11.8 Å². The molecular formula is C23H20N2O2. The molecule has 4 nitrogen and oxygen atoms in total. The number of anilines is 2. The monoisotopic (exact) mass is 356 g/mol. The maximum absolute atomic E-state index is 13.2. The Kier molecular flexibility index (Phi) is 4.47. The summed E-state index contributed by atoms with van der Waals surface area (Å²) in [6, 6.07) is 25.1. The Labute approximate surface area is 158 Å². The fourth-order valence-electron chi connectivity index (χ4n) is 3.55. The van der Waals surface area contributed by atoms with Gasteiger partial charge in [-0.2, -0.15) is 0 Å². The van der Waals surface area contributed by atoms with E-state index in [2.05, 4.69) is 5.32 Å². The number of carbonyl (C=O) groups is 2. The predicted octanol–water partition coefficient (Wildman–Crippen LogP) is 3.98. The maximum atomic E-state index is 13.2. The Morgan fingerprint density at radius 1 is 0.926 bits per heavy atom. The molecular weight excluding hydrogens is 336 g/mol. The molecule has 0 aromatic heterocycles. The fourth-order valence-corrected chi connectivity index (χ4v) is 3.55. The van der Waals surface area contributed by atoms with Crippen LogP contribution in [0.15, 0.2) is 78.9 Å². The van der Waals surface area contributed by atoms with Crippen molar-refractivity contribution in [1.29, 1.82) is 0 Å². The SMILES string of the molecule is CN1C(=O)Cc2cc(NC(=O)C(c3ccccc3)c3ccccc3)ccc21. The summed E-state index contributed by atoms with van der Waals surface area (Å²) in [4.78, 5) is 26.7. The van der Waals surface area contributed by atoms with Gasteiger partial charge in [0.25, 0.3) is 0 Å². The molecule has 2 amide bonds. The third kappa shape index (κ3) is 3.34. The molecule has 1 aliphatic rings. The van der Waals surface area contributed by atoms with Gasteiger partial charge in [0, 0.05) is 18.4 Å². The van der Waals surface area contributed by atoms with Gasteiger partial charge in [-0.3, -0.25) is 9.59 Å². The molecule has 3 aromatic carbocycles. The van der Waals surface area contributed by atoms with E-state index in [0.717, 1.165) is 22.4 Å². The van der Waals surface area contributed by atoms with Crippen molar-refractivity contribution in [2.24, 2.45) is 0 Å². The minimum Gasteiger partial charge on any atom is -0.325 e. The Bertz CT molecular complexity index is 944. The summed E-state index contributed by atoms with van der Waals surface area (Å²) in [7, 11) is 1.77. The number of hydrogen-bond acceptors (Lipinski definition) is 2. The van der Waals surface area contributed by atoms with E-state index in [0.29, 0.717) is 12.1 Å². The van der Waals surface area contributed by atoms with Crippen molar-refractivity contribution in [2.75, 3.05) is 17.3 Å². The molecule has 0 spiro atoms. The van der Waals surface area contributed by atoms with Crippen LogP contribution in [0.2, 0.25) is 0 Å². The zero-order valence-electron chi connectivity index (χ0n) is 15.1. The molecule has 0 radical (unpaired) electrons. The number of nitrogens with one attached hydrogen (secondary N) is 1. The van der Waals surface area contributed by atoms with E-state index in [1.54, 1.807) is 11.9 Å². The van der Waals surface area contributed by atoms with Crippen molar-refractivity contribution in [3.05, 3.63) is 95.6 Å². The Morgan fingerprint density at radius 2 is 1.52 bits per heavy atom. The number of carbonyl (C=O) groups excluding carboxylic acids is 2. The summed E-state index contributed by atoms with van der Waals surface area (Å²) in [6.45, 7) is 0. The predicted molar refractivity (Wildman–Crippen MR) is 107 cm³/mol. The lowest BCUT2D eigenvalue weighted by Gasteiger charge is -2.18. The second kappa shape index (κ2) is 7.08. The molecule has 3 aromatic rings. The average molecular weight is 356 g/mol. The maximum Gasteiger partial charge on any atom is 0.236 e. The van der Waals surface area contributed by atoms with Gasteiger partial charge in [-0.25, -0.2) is 0 Å². The number of hydrogen-bond donors (Lipinski definition) is 1. The molecule has 0 saturated heterocycles. The van der Waals surface area contributed by atoms with E-state index in [9.17, 15) is 9.59 Å². The van der Waals surface area contributed by atoms with Crippen molar-refractivity contribution in [2.45, 2.75) is 12.3 Å². The average Bonchev–Trinajstić information content (AvgIpc) is 2.97. The molecule has 0 aliphatic carbocycles. The lowest BCUT2D eigenvalue weighted by molar-refractivity contribution is -0.117. The molecule has 27 heavy (non-hydrogen) atoms. The Hall–Kier alpha value is -3.40. The molecule has 0 bridgehead atoms. The van der Waals surface area contributed by atoms with E-state index in [4.69, 9.17) is 0 Å². The van der Waals surface area contributed by atoms with Crippen LogP contribution in [0.4, 0.5) is 11.4 Å². The summed E-state index contributed by atoms with van der Waals surface area (Å²) in [6.07, 6.45) is 0.371. The largest absolute Gasteiger partial charge is 0.325 e. The highest BCUT2D eigenvalue weighted by Crippen LogP contribution is 2.31. The third-order valence-corrected chi connectivity index (χ3v) is 4.95. The second-order valence-electron chi connectivity index (χ2n) is 6.72. The van der Waals surface area contributed by atoms with Crippen LogP contribution in [0.5, 0.6) is 0 Å². The van der Waals surface area contributed by atoms with Crippen LogP contribution >= 0.6 is 0 Å². The Morgan fingerprint density at radius 3 is 2.11 bits per heavy atom. The van der Waals surface area contributed by atoms with Crippen LogP contribution in [-0.2, 0) is 16.0 Å².